The molecule has 0 fully saturated rings. The number of hydrogen-bond donors (Lipinski definition) is 2. The Hall–Kier alpha value is -3.39. The van der Waals surface area contributed by atoms with E-state index in [1.165, 1.54) is 18.0 Å². The van der Waals surface area contributed by atoms with Gasteiger partial charge in [0.1, 0.15) is 5.39 Å². The Bertz CT molecular complexity index is 1220. The van der Waals surface area contributed by atoms with Crippen LogP contribution in [0.1, 0.15) is 12.5 Å². The maximum absolute atomic E-state index is 12.5. The normalized spacial score (nSPS) is 12.1. The minimum atomic E-state index is -0.454. The first-order valence-electron chi connectivity index (χ1n) is 9.09. The van der Waals surface area contributed by atoms with Crippen LogP contribution >= 0.6 is 11.8 Å². The quantitative estimate of drug-likeness (QED) is 0.391. The van der Waals surface area contributed by atoms with Crippen LogP contribution in [0.5, 0.6) is 0 Å². The highest BCUT2D eigenvalue weighted by atomic mass is 32.2. The van der Waals surface area contributed by atoms with Crippen LogP contribution in [0.4, 0.5) is 5.69 Å². The number of anilines is 1. The van der Waals surface area contributed by atoms with Gasteiger partial charge >= 0.3 is 0 Å². The van der Waals surface area contributed by atoms with Gasteiger partial charge in [0.25, 0.3) is 5.56 Å². The number of aromatic nitrogens is 4. The molecule has 8 heteroatoms. The fraction of sp³-hybridized carbons (Fsp3) is 0.143. The third-order valence-electron chi connectivity index (χ3n) is 4.39. The van der Waals surface area contributed by atoms with Gasteiger partial charge in [0, 0.05) is 5.69 Å². The molecule has 0 bridgehead atoms. The summed E-state index contributed by atoms with van der Waals surface area (Å²) in [4.78, 5) is 32.3. The molecule has 0 aliphatic rings. The van der Waals surface area contributed by atoms with E-state index in [2.05, 4.69) is 20.4 Å². The minimum absolute atomic E-state index is 0.168. The third kappa shape index (κ3) is 4.07. The molecule has 0 unspecified atom stereocenters. The number of para-hydroxylation sites is 1. The molecule has 0 saturated heterocycles. The summed E-state index contributed by atoms with van der Waals surface area (Å²) in [7, 11) is 0. The summed E-state index contributed by atoms with van der Waals surface area (Å²) in [5.41, 5.74) is 2.82. The van der Waals surface area contributed by atoms with Gasteiger partial charge in [-0.15, -0.1) is 0 Å². The number of thioether (sulfide) groups is 1. The molecule has 2 N–H and O–H groups in total. The van der Waals surface area contributed by atoms with Gasteiger partial charge in [0.2, 0.25) is 5.91 Å². The molecular formula is C21H19N5O2S. The van der Waals surface area contributed by atoms with Crippen molar-refractivity contribution < 1.29 is 4.79 Å². The molecule has 0 aliphatic heterocycles. The molecule has 1 atom stereocenters. The Kier molecular flexibility index (Phi) is 5.18. The largest absolute Gasteiger partial charge is 0.325 e. The van der Waals surface area contributed by atoms with Crippen molar-refractivity contribution in [3.8, 4) is 5.69 Å². The molecule has 1 amide bonds. The third-order valence-corrected chi connectivity index (χ3v) is 5.38. The van der Waals surface area contributed by atoms with Crippen molar-refractivity contribution in [2.75, 3.05) is 5.32 Å². The van der Waals surface area contributed by atoms with Crippen LogP contribution in [0.3, 0.4) is 0 Å². The molecule has 0 radical (unpaired) electrons. The van der Waals surface area contributed by atoms with Crippen molar-refractivity contribution in [3.05, 3.63) is 76.7 Å². The summed E-state index contributed by atoms with van der Waals surface area (Å²) in [6.07, 6.45) is 1.50. The lowest BCUT2D eigenvalue weighted by Crippen LogP contribution is -2.23. The van der Waals surface area contributed by atoms with Crippen molar-refractivity contribution >= 4 is 34.4 Å². The van der Waals surface area contributed by atoms with Gasteiger partial charge in [-0.25, -0.2) is 9.67 Å². The minimum Gasteiger partial charge on any atom is -0.325 e. The van der Waals surface area contributed by atoms with Crippen molar-refractivity contribution in [1.82, 2.24) is 19.7 Å². The van der Waals surface area contributed by atoms with Gasteiger partial charge < -0.3 is 10.3 Å². The van der Waals surface area contributed by atoms with E-state index in [1.807, 2.05) is 61.5 Å². The van der Waals surface area contributed by atoms with E-state index >= 15 is 0 Å². The van der Waals surface area contributed by atoms with Gasteiger partial charge in [-0.1, -0.05) is 47.7 Å². The van der Waals surface area contributed by atoms with Crippen LogP contribution in [0.15, 0.2) is 70.7 Å². The zero-order valence-electron chi connectivity index (χ0n) is 15.9. The number of carbonyl (C=O) groups excluding carboxylic acids is 1. The molecule has 4 rings (SSSR count). The van der Waals surface area contributed by atoms with Gasteiger partial charge in [0.05, 0.1) is 17.1 Å². The van der Waals surface area contributed by atoms with Crippen molar-refractivity contribution in [1.29, 1.82) is 0 Å². The van der Waals surface area contributed by atoms with E-state index in [0.29, 0.717) is 16.2 Å². The Morgan fingerprint density at radius 3 is 2.59 bits per heavy atom. The zero-order chi connectivity index (χ0) is 20.4. The summed E-state index contributed by atoms with van der Waals surface area (Å²) in [5, 5.41) is 7.48. The van der Waals surface area contributed by atoms with Crippen LogP contribution in [-0.4, -0.2) is 30.9 Å². The number of nitrogens with one attached hydrogen (secondary N) is 2. The fourth-order valence-corrected chi connectivity index (χ4v) is 3.61. The molecule has 146 valence electrons. The second kappa shape index (κ2) is 7.92. The SMILES string of the molecule is Cc1ccc(NC(=O)[C@@H](C)Sc2nc3c(cnn3-c3ccccc3)c(=O)[nH]2)cc1. The standard InChI is InChI=1S/C21H19N5O2S/c1-13-8-10-15(11-9-13)23-19(27)14(2)29-21-24-18-17(20(28)25-21)12-22-26(18)16-6-4-3-5-7-16/h3-12,14H,1-2H3,(H,23,27)(H,24,25,28)/t14-/m1/s1. The number of carbonyl (C=O) groups is 1. The zero-order valence-corrected chi connectivity index (χ0v) is 16.7. The van der Waals surface area contributed by atoms with Crippen LogP contribution in [0, 0.1) is 6.92 Å². The molecule has 2 aromatic heterocycles. The number of H-pyrrole nitrogens is 1. The number of aromatic amines is 1. The van der Waals surface area contributed by atoms with Crippen molar-refractivity contribution in [3.63, 3.8) is 0 Å². The molecule has 0 saturated carbocycles. The Morgan fingerprint density at radius 1 is 1.14 bits per heavy atom. The first-order chi connectivity index (χ1) is 14.0. The monoisotopic (exact) mass is 405 g/mol. The Balaban J connectivity index is 1.58. The highest BCUT2D eigenvalue weighted by Crippen LogP contribution is 2.22. The average Bonchev–Trinajstić information content (AvgIpc) is 3.15. The number of fused-ring (bicyclic) bond motifs is 1. The molecule has 0 spiro atoms. The van der Waals surface area contributed by atoms with Gasteiger partial charge in [-0.05, 0) is 38.1 Å². The summed E-state index contributed by atoms with van der Waals surface area (Å²) in [6, 6.07) is 17.1. The topological polar surface area (TPSA) is 92.7 Å². The predicted molar refractivity (Wildman–Crippen MR) is 115 cm³/mol. The lowest BCUT2D eigenvalue weighted by molar-refractivity contribution is -0.115. The average molecular weight is 405 g/mol. The van der Waals surface area contributed by atoms with Gasteiger partial charge in [-0.3, -0.25) is 9.59 Å². The lowest BCUT2D eigenvalue weighted by atomic mass is 10.2. The smallest absolute Gasteiger partial charge is 0.262 e. The van der Waals surface area contributed by atoms with Gasteiger partial charge in [0.15, 0.2) is 10.8 Å². The maximum Gasteiger partial charge on any atom is 0.262 e. The maximum atomic E-state index is 12.5. The van der Waals surface area contributed by atoms with Gasteiger partial charge in [-0.2, -0.15) is 5.10 Å². The summed E-state index contributed by atoms with van der Waals surface area (Å²) < 4.78 is 1.62. The van der Waals surface area contributed by atoms with E-state index in [1.54, 1.807) is 11.6 Å². The summed E-state index contributed by atoms with van der Waals surface area (Å²) in [6.45, 7) is 3.76. The number of aryl methyl sites for hydroxylation is 1. The van der Waals surface area contributed by atoms with E-state index < -0.39 is 5.25 Å². The number of benzene rings is 2. The number of amides is 1. The van der Waals surface area contributed by atoms with Crippen molar-refractivity contribution in [2.45, 2.75) is 24.3 Å². The first kappa shape index (κ1) is 18.9. The predicted octanol–water partition coefficient (Wildman–Crippen LogP) is 3.54. The Labute approximate surface area is 171 Å². The number of nitrogens with zero attached hydrogens (tertiary/aromatic N) is 3. The molecule has 4 aromatic rings. The Morgan fingerprint density at radius 2 is 1.86 bits per heavy atom. The van der Waals surface area contributed by atoms with E-state index in [0.717, 1.165) is 16.9 Å². The second-order valence-electron chi connectivity index (χ2n) is 6.62. The van der Waals surface area contributed by atoms with E-state index in [-0.39, 0.29) is 11.5 Å². The number of hydrogen-bond acceptors (Lipinski definition) is 5. The first-order valence-corrected chi connectivity index (χ1v) is 9.97. The highest BCUT2D eigenvalue weighted by molar-refractivity contribution is 8.00. The molecule has 29 heavy (non-hydrogen) atoms. The molecule has 2 aromatic carbocycles. The molecule has 2 heterocycles. The van der Waals surface area contributed by atoms with Crippen LogP contribution < -0.4 is 10.9 Å². The molecular weight excluding hydrogens is 386 g/mol. The highest BCUT2D eigenvalue weighted by Gasteiger charge is 2.18. The molecule has 0 aliphatic carbocycles. The fourth-order valence-electron chi connectivity index (χ4n) is 2.81. The van der Waals surface area contributed by atoms with Crippen LogP contribution in [-0.2, 0) is 4.79 Å². The van der Waals surface area contributed by atoms with E-state index in [4.69, 9.17) is 0 Å². The van der Waals surface area contributed by atoms with Crippen LogP contribution in [0.25, 0.3) is 16.7 Å². The summed E-state index contributed by atoms with van der Waals surface area (Å²) >= 11 is 1.19. The van der Waals surface area contributed by atoms with E-state index in [9.17, 15) is 9.59 Å². The second-order valence-corrected chi connectivity index (χ2v) is 7.95. The summed E-state index contributed by atoms with van der Waals surface area (Å²) in [5.74, 6) is -0.168. The van der Waals surface area contributed by atoms with Crippen molar-refractivity contribution in [2.24, 2.45) is 0 Å². The van der Waals surface area contributed by atoms with Crippen LogP contribution in [0.2, 0.25) is 0 Å². The lowest BCUT2D eigenvalue weighted by Gasteiger charge is -2.12. The number of rotatable bonds is 5. The molecule has 7 nitrogen and oxygen atoms in total.